The summed E-state index contributed by atoms with van der Waals surface area (Å²) in [5.74, 6) is 0.797. The molecule has 8 heteroatoms. The van der Waals surface area contributed by atoms with E-state index in [0.29, 0.717) is 13.2 Å². The Balaban J connectivity index is 1.72. The van der Waals surface area contributed by atoms with E-state index in [2.05, 4.69) is 41.7 Å². The Hall–Kier alpha value is -2.51. The number of hydrogen-bond donors (Lipinski definition) is 1. The third-order valence-electron chi connectivity index (χ3n) is 5.78. The quantitative estimate of drug-likeness (QED) is 0.123. The summed E-state index contributed by atoms with van der Waals surface area (Å²) in [6.07, 6.45) is -0.301. The highest BCUT2D eigenvalue weighted by Gasteiger charge is 2.36. The van der Waals surface area contributed by atoms with Gasteiger partial charge in [-0.05, 0) is 63.4 Å². The van der Waals surface area contributed by atoms with E-state index in [1.165, 1.54) is 0 Å². The summed E-state index contributed by atoms with van der Waals surface area (Å²) >= 11 is 0. The molecular weight excluding hydrogens is 513 g/mol. The number of rotatable bonds is 15. The highest BCUT2D eigenvalue weighted by molar-refractivity contribution is 7.48. The monoisotopic (exact) mass is 555 g/mol. The van der Waals surface area contributed by atoms with E-state index in [9.17, 15) is 4.57 Å². The molecule has 0 heterocycles. The summed E-state index contributed by atoms with van der Waals surface area (Å²) in [4.78, 5) is 0. The number of phosphoric acid groups is 1. The molecule has 1 atom stereocenters. The van der Waals surface area contributed by atoms with Gasteiger partial charge in [0.15, 0.2) is 0 Å². The molecule has 0 aliphatic heterocycles. The first kappa shape index (κ1) is 31.0. The van der Waals surface area contributed by atoms with Crippen molar-refractivity contribution >= 4 is 7.82 Å². The molecule has 0 aliphatic rings. The van der Waals surface area contributed by atoms with Crippen molar-refractivity contribution in [2.75, 3.05) is 33.5 Å². The van der Waals surface area contributed by atoms with Crippen LogP contribution in [0.5, 0.6) is 5.75 Å². The molecule has 0 saturated heterocycles. The lowest BCUT2D eigenvalue weighted by atomic mass is 9.77. The topological polar surface area (TPSA) is 75.2 Å². The van der Waals surface area contributed by atoms with Crippen molar-refractivity contribution in [3.63, 3.8) is 0 Å². The Morgan fingerprint density at radius 2 is 1.31 bits per heavy atom. The number of phosphoric ester groups is 1. The fourth-order valence-corrected chi connectivity index (χ4v) is 5.96. The van der Waals surface area contributed by atoms with E-state index in [4.69, 9.17) is 23.0 Å². The first-order chi connectivity index (χ1) is 18.6. The van der Waals surface area contributed by atoms with Gasteiger partial charge in [0, 0.05) is 6.54 Å². The number of methoxy groups -OCH3 is 1. The summed E-state index contributed by atoms with van der Waals surface area (Å²) in [5, 5.41) is 3.77. The lowest BCUT2D eigenvalue weighted by Gasteiger charge is -2.37. The van der Waals surface area contributed by atoms with Crippen LogP contribution in [0.1, 0.15) is 51.3 Å². The number of ether oxygens (including phenoxy) is 2. The van der Waals surface area contributed by atoms with Crippen molar-refractivity contribution in [1.29, 1.82) is 0 Å². The minimum atomic E-state index is -3.71. The number of hydrogen-bond acceptors (Lipinski definition) is 7. The Bertz CT molecular complexity index is 1120. The summed E-state index contributed by atoms with van der Waals surface area (Å²) in [7, 11) is -2.05. The van der Waals surface area contributed by atoms with Gasteiger partial charge in [-0.15, -0.1) is 0 Å². The summed E-state index contributed by atoms with van der Waals surface area (Å²) in [5.41, 5.74) is 2.01. The molecule has 7 nitrogen and oxygen atoms in total. The lowest BCUT2D eigenvalue weighted by Crippen LogP contribution is -2.46. The van der Waals surface area contributed by atoms with Gasteiger partial charge in [0.05, 0.1) is 44.2 Å². The van der Waals surface area contributed by atoms with E-state index in [1.807, 2.05) is 69.3 Å². The van der Waals surface area contributed by atoms with Crippen LogP contribution in [-0.2, 0) is 28.4 Å². The molecule has 1 unspecified atom stereocenters. The molecule has 0 fully saturated rings. The van der Waals surface area contributed by atoms with Gasteiger partial charge in [0.25, 0.3) is 0 Å². The Morgan fingerprint density at radius 3 is 1.79 bits per heavy atom. The van der Waals surface area contributed by atoms with Crippen molar-refractivity contribution in [3.05, 3.63) is 102 Å². The van der Waals surface area contributed by atoms with Gasteiger partial charge >= 0.3 is 7.82 Å². The maximum absolute atomic E-state index is 13.0. The van der Waals surface area contributed by atoms with E-state index in [0.717, 1.165) is 22.4 Å². The van der Waals surface area contributed by atoms with Crippen LogP contribution in [0.2, 0.25) is 0 Å². The third kappa shape index (κ3) is 9.00. The van der Waals surface area contributed by atoms with Crippen LogP contribution in [-0.4, -0.2) is 45.2 Å². The first-order valence-electron chi connectivity index (χ1n) is 13.3. The smallest absolute Gasteiger partial charge is 0.475 e. The second kappa shape index (κ2) is 14.2. The molecule has 0 aromatic heterocycles. The molecule has 39 heavy (non-hydrogen) atoms. The van der Waals surface area contributed by atoms with E-state index in [-0.39, 0.29) is 19.3 Å². The molecule has 0 bridgehead atoms. The van der Waals surface area contributed by atoms with E-state index >= 15 is 0 Å². The van der Waals surface area contributed by atoms with Gasteiger partial charge in [0.1, 0.15) is 5.75 Å². The molecule has 3 aromatic carbocycles. The number of benzene rings is 3. The summed E-state index contributed by atoms with van der Waals surface area (Å²) in [6, 6.07) is 28.8. The van der Waals surface area contributed by atoms with Crippen molar-refractivity contribution in [2.45, 2.75) is 51.9 Å². The van der Waals surface area contributed by atoms with Gasteiger partial charge in [-0.1, -0.05) is 72.8 Å². The molecule has 212 valence electrons. The average Bonchev–Trinajstić information content (AvgIpc) is 2.90. The van der Waals surface area contributed by atoms with Crippen molar-refractivity contribution in [3.8, 4) is 5.75 Å². The van der Waals surface area contributed by atoms with Gasteiger partial charge in [0.2, 0.25) is 0 Å². The van der Waals surface area contributed by atoms with Crippen molar-refractivity contribution < 1.29 is 27.6 Å². The van der Waals surface area contributed by atoms with E-state index in [1.54, 1.807) is 21.0 Å². The molecule has 0 saturated carbocycles. The second-order valence-electron chi connectivity index (χ2n) is 10.4. The maximum Gasteiger partial charge on any atom is 0.475 e. The van der Waals surface area contributed by atoms with Gasteiger partial charge in [-0.25, -0.2) is 4.57 Å². The fraction of sp³-hybridized carbons (Fsp3) is 0.419. The van der Waals surface area contributed by atoms with Crippen LogP contribution < -0.4 is 10.1 Å². The maximum atomic E-state index is 13.0. The van der Waals surface area contributed by atoms with Crippen LogP contribution >= 0.6 is 7.82 Å². The fourth-order valence-electron chi connectivity index (χ4n) is 4.32. The zero-order chi connectivity index (χ0) is 28.4. The van der Waals surface area contributed by atoms with Crippen molar-refractivity contribution in [1.82, 2.24) is 5.32 Å². The van der Waals surface area contributed by atoms with Crippen LogP contribution in [0.4, 0.5) is 0 Å². The Kier molecular flexibility index (Phi) is 11.3. The SMILES string of the molecule is COc1ccc(C(NCCOCCOP(=O)(OC(C)C)OC(C)(C)C)(c2ccccc2)c2ccccc2)cc1. The minimum Gasteiger partial charge on any atom is -0.497 e. The molecule has 3 rings (SSSR count). The third-order valence-corrected chi connectivity index (χ3v) is 7.73. The number of nitrogens with one attached hydrogen (secondary N) is 1. The molecule has 1 N–H and O–H groups in total. The van der Waals surface area contributed by atoms with Crippen LogP contribution in [0.25, 0.3) is 0 Å². The van der Waals surface area contributed by atoms with Gasteiger partial charge in [-0.3, -0.25) is 18.9 Å². The first-order valence-corrected chi connectivity index (χ1v) is 14.8. The van der Waals surface area contributed by atoms with Crippen LogP contribution in [0, 0.1) is 0 Å². The summed E-state index contributed by atoms with van der Waals surface area (Å²) in [6.45, 7) is 10.3. The highest BCUT2D eigenvalue weighted by atomic mass is 31.2. The molecular formula is C31H42NO6P. The van der Waals surface area contributed by atoms with Crippen LogP contribution in [0.3, 0.4) is 0 Å². The molecule has 0 spiro atoms. The minimum absolute atomic E-state index is 0.0844. The predicted molar refractivity (Wildman–Crippen MR) is 155 cm³/mol. The molecule has 0 radical (unpaired) electrons. The van der Waals surface area contributed by atoms with Gasteiger partial charge in [-0.2, -0.15) is 0 Å². The Morgan fingerprint density at radius 1 is 0.769 bits per heavy atom. The largest absolute Gasteiger partial charge is 0.497 e. The normalized spacial score (nSPS) is 13.8. The predicted octanol–water partition coefficient (Wildman–Crippen LogP) is 6.96. The molecule has 0 amide bonds. The molecule has 0 aliphatic carbocycles. The second-order valence-corrected chi connectivity index (χ2v) is 11.9. The zero-order valence-corrected chi connectivity index (χ0v) is 24.8. The van der Waals surface area contributed by atoms with E-state index < -0.39 is 19.0 Å². The van der Waals surface area contributed by atoms with Gasteiger partial charge < -0.3 is 9.47 Å². The standard InChI is InChI=1S/C31H42NO6P/c1-25(2)37-39(33,38-30(3,4)5)36-24-23-35-22-21-32-31(26-13-9-7-10-14-26,27-15-11-8-12-16-27)28-17-19-29(34-6)20-18-28/h7-20,25,32H,21-24H2,1-6H3. The van der Waals surface area contributed by atoms with Crippen molar-refractivity contribution in [2.24, 2.45) is 0 Å². The van der Waals surface area contributed by atoms with Crippen LogP contribution in [0.15, 0.2) is 84.9 Å². The Labute approximate surface area is 233 Å². The summed E-state index contributed by atoms with van der Waals surface area (Å²) < 4.78 is 40.9. The zero-order valence-electron chi connectivity index (χ0n) is 23.9. The highest BCUT2D eigenvalue weighted by Crippen LogP contribution is 2.53. The average molecular weight is 556 g/mol. The lowest BCUT2D eigenvalue weighted by molar-refractivity contribution is 0.0172. The molecule has 3 aromatic rings.